The van der Waals surface area contributed by atoms with E-state index in [1.165, 1.54) is 6.33 Å². The first-order chi connectivity index (χ1) is 13.0. The number of aromatic nitrogens is 6. The van der Waals surface area contributed by atoms with Gasteiger partial charge in [-0.25, -0.2) is 9.50 Å². The molecule has 1 saturated heterocycles. The average Bonchev–Trinajstić information content (AvgIpc) is 3.29. The topological polar surface area (TPSA) is 102 Å². The summed E-state index contributed by atoms with van der Waals surface area (Å²) >= 11 is 0. The quantitative estimate of drug-likeness (QED) is 0.693. The van der Waals surface area contributed by atoms with Crippen LogP contribution in [0.4, 0.5) is 0 Å². The molecule has 4 heterocycles. The monoisotopic (exact) mass is 369 g/mol. The molecule has 0 aromatic carbocycles. The van der Waals surface area contributed by atoms with Gasteiger partial charge in [-0.05, 0) is 30.7 Å². The van der Waals surface area contributed by atoms with Crippen molar-refractivity contribution in [1.82, 2.24) is 34.6 Å². The van der Waals surface area contributed by atoms with Crippen molar-refractivity contribution in [2.24, 2.45) is 5.92 Å². The van der Waals surface area contributed by atoms with Gasteiger partial charge < -0.3 is 9.42 Å². The minimum atomic E-state index is -0.0451. The van der Waals surface area contributed by atoms with Crippen molar-refractivity contribution in [3.63, 3.8) is 0 Å². The molecular weight excluding hydrogens is 346 g/mol. The number of likely N-dealkylation sites (tertiary alicyclic amines) is 1. The molecule has 1 aliphatic rings. The Balaban J connectivity index is 1.45. The van der Waals surface area contributed by atoms with E-state index in [4.69, 9.17) is 4.52 Å². The largest absolute Gasteiger partial charge is 0.340 e. The summed E-state index contributed by atoms with van der Waals surface area (Å²) in [6.45, 7) is 7.34. The van der Waals surface area contributed by atoms with Crippen molar-refractivity contribution in [2.45, 2.75) is 46.0 Å². The zero-order valence-corrected chi connectivity index (χ0v) is 15.8. The average molecular weight is 369 g/mol. The molecule has 3 aromatic heterocycles. The van der Waals surface area contributed by atoms with Crippen LogP contribution in [0.25, 0.3) is 5.78 Å². The normalized spacial score (nSPS) is 15.8. The molecule has 0 spiro atoms. The number of nitrogens with zero attached hydrogens (tertiary/aromatic N) is 7. The highest BCUT2D eigenvalue weighted by molar-refractivity contribution is 5.92. The van der Waals surface area contributed by atoms with Gasteiger partial charge >= 0.3 is 0 Å². The van der Waals surface area contributed by atoms with Crippen LogP contribution in [0.1, 0.15) is 60.5 Å². The Kier molecular flexibility index (Phi) is 4.59. The molecule has 0 unspecified atom stereocenters. The van der Waals surface area contributed by atoms with Gasteiger partial charge in [0, 0.05) is 26.4 Å². The molecule has 27 heavy (non-hydrogen) atoms. The second-order valence-corrected chi connectivity index (χ2v) is 7.36. The first-order valence-corrected chi connectivity index (χ1v) is 9.30. The van der Waals surface area contributed by atoms with Gasteiger partial charge in [0.25, 0.3) is 11.7 Å². The van der Waals surface area contributed by atoms with E-state index >= 15 is 0 Å². The fourth-order valence-electron chi connectivity index (χ4n) is 3.54. The summed E-state index contributed by atoms with van der Waals surface area (Å²) in [4.78, 5) is 27.7. The van der Waals surface area contributed by atoms with Crippen LogP contribution < -0.4 is 0 Å². The number of hydrogen-bond donors (Lipinski definition) is 0. The second kappa shape index (κ2) is 7.05. The summed E-state index contributed by atoms with van der Waals surface area (Å²) in [5.41, 5.74) is 1.37. The maximum atomic E-state index is 13.0. The van der Waals surface area contributed by atoms with Crippen molar-refractivity contribution >= 4 is 11.7 Å². The highest BCUT2D eigenvalue weighted by Gasteiger charge is 2.26. The van der Waals surface area contributed by atoms with Crippen LogP contribution in [0.2, 0.25) is 0 Å². The molecular formula is C18H23N7O2. The van der Waals surface area contributed by atoms with Gasteiger partial charge in [0.1, 0.15) is 12.0 Å². The van der Waals surface area contributed by atoms with Crippen molar-refractivity contribution in [3.05, 3.63) is 35.5 Å². The van der Waals surface area contributed by atoms with E-state index in [2.05, 4.69) is 39.1 Å². The van der Waals surface area contributed by atoms with Gasteiger partial charge in [-0.3, -0.25) is 4.79 Å². The number of hydrogen-bond acceptors (Lipinski definition) is 7. The second-order valence-electron chi connectivity index (χ2n) is 7.36. The molecule has 0 N–H and O–H groups in total. The van der Waals surface area contributed by atoms with E-state index < -0.39 is 0 Å². The van der Waals surface area contributed by atoms with Crippen molar-refractivity contribution in [2.75, 3.05) is 13.1 Å². The molecule has 142 valence electrons. The minimum Gasteiger partial charge on any atom is -0.340 e. The number of aryl methyl sites for hydroxylation is 1. The Morgan fingerprint density at radius 2 is 2.07 bits per heavy atom. The zero-order valence-electron chi connectivity index (χ0n) is 15.8. The summed E-state index contributed by atoms with van der Waals surface area (Å²) in [5.74, 6) is 2.44. The first kappa shape index (κ1) is 17.6. The summed E-state index contributed by atoms with van der Waals surface area (Å²) in [5, 5.41) is 8.17. The Labute approximate surface area is 156 Å². The highest BCUT2D eigenvalue weighted by atomic mass is 16.5. The van der Waals surface area contributed by atoms with Gasteiger partial charge in [0.05, 0.1) is 5.69 Å². The zero-order chi connectivity index (χ0) is 19.0. The van der Waals surface area contributed by atoms with Gasteiger partial charge in [-0.2, -0.15) is 15.1 Å². The lowest BCUT2D eigenvalue weighted by Crippen LogP contribution is -2.39. The first-order valence-electron chi connectivity index (χ1n) is 9.30. The molecule has 0 bridgehead atoms. The third-order valence-corrected chi connectivity index (χ3v) is 5.03. The third-order valence-electron chi connectivity index (χ3n) is 5.03. The van der Waals surface area contributed by atoms with E-state index in [1.54, 1.807) is 11.4 Å². The Morgan fingerprint density at radius 3 is 2.74 bits per heavy atom. The number of fused-ring (bicyclic) bond motifs is 1. The number of piperidine rings is 1. The molecule has 1 amide bonds. The summed E-state index contributed by atoms with van der Waals surface area (Å²) in [6.07, 6.45) is 4.10. The van der Waals surface area contributed by atoms with Crippen molar-refractivity contribution in [1.29, 1.82) is 0 Å². The molecule has 1 fully saturated rings. The lowest BCUT2D eigenvalue weighted by molar-refractivity contribution is 0.0683. The van der Waals surface area contributed by atoms with Crippen LogP contribution in [0, 0.1) is 12.8 Å². The van der Waals surface area contributed by atoms with Crippen LogP contribution in [-0.2, 0) is 6.42 Å². The SMILES string of the molecule is Cc1nc(CC2CCN(C(=O)c3cc(C(C)C)n4ncnc4n3)CC2)no1. The predicted molar refractivity (Wildman–Crippen MR) is 96.2 cm³/mol. The molecule has 0 saturated carbocycles. The Morgan fingerprint density at radius 1 is 1.30 bits per heavy atom. The van der Waals surface area contributed by atoms with Crippen LogP contribution in [0.15, 0.2) is 16.9 Å². The van der Waals surface area contributed by atoms with Gasteiger partial charge in [0.2, 0.25) is 5.89 Å². The summed E-state index contributed by atoms with van der Waals surface area (Å²) in [6, 6.07) is 1.84. The maximum absolute atomic E-state index is 13.0. The fraction of sp³-hybridized carbons (Fsp3) is 0.556. The van der Waals surface area contributed by atoms with Gasteiger partial charge in [-0.1, -0.05) is 19.0 Å². The van der Waals surface area contributed by atoms with Gasteiger partial charge in [0.15, 0.2) is 5.82 Å². The number of amides is 1. The number of rotatable bonds is 4. The lowest BCUT2D eigenvalue weighted by atomic mass is 9.93. The van der Waals surface area contributed by atoms with E-state index in [0.29, 0.717) is 36.4 Å². The number of carbonyl (C=O) groups excluding carboxylic acids is 1. The maximum Gasteiger partial charge on any atom is 0.272 e. The molecule has 1 aliphatic heterocycles. The molecule has 9 heteroatoms. The lowest BCUT2D eigenvalue weighted by Gasteiger charge is -2.31. The van der Waals surface area contributed by atoms with Gasteiger partial charge in [-0.15, -0.1) is 0 Å². The minimum absolute atomic E-state index is 0.0451. The van der Waals surface area contributed by atoms with Crippen molar-refractivity contribution < 1.29 is 9.32 Å². The Hall–Kier alpha value is -2.84. The summed E-state index contributed by atoms with van der Waals surface area (Å²) < 4.78 is 6.73. The van der Waals surface area contributed by atoms with Crippen molar-refractivity contribution in [3.8, 4) is 0 Å². The summed E-state index contributed by atoms with van der Waals surface area (Å²) in [7, 11) is 0. The molecule has 9 nitrogen and oxygen atoms in total. The van der Waals surface area contributed by atoms with Crippen LogP contribution >= 0.6 is 0 Å². The molecule has 0 radical (unpaired) electrons. The van der Waals surface area contributed by atoms with E-state index in [9.17, 15) is 4.79 Å². The Bertz CT molecular complexity index is 954. The highest BCUT2D eigenvalue weighted by Crippen LogP contribution is 2.23. The third kappa shape index (κ3) is 3.54. The number of carbonyl (C=O) groups is 1. The van der Waals surface area contributed by atoms with Crippen LogP contribution in [0.5, 0.6) is 0 Å². The van der Waals surface area contributed by atoms with Crippen LogP contribution in [0.3, 0.4) is 0 Å². The molecule has 0 aliphatic carbocycles. The molecule has 0 atom stereocenters. The van der Waals surface area contributed by atoms with Crippen LogP contribution in [-0.4, -0.2) is 53.6 Å². The van der Waals surface area contributed by atoms with E-state index in [-0.39, 0.29) is 11.8 Å². The molecule has 3 aromatic rings. The smallest absolute Gasteiger partial charge is 0.272 e. The van der Waals surface area contributed by atoms with E-state index in [1.807, 2.05) is 11.0 Å². The van der Waals surface area contributed by atoms with E-state index in [0.717, 1.165) is 30.8 Å². The standard InChI is InChI=1S/C18H23N7O2/c1-11(2)15-9-14(22-18-19-10-20-25(15)18)17(26)24-6-4-13(5-7-24)8-16-21-12(3)27-23-16/h9-11,13H,4-8H2,1-3H3. The molecule has 4 rings (SSSR count). The fourth-order valence-corrected chi connectivity index (χ4v) is 3.54. The predicted octanol–water partition coefficient (Wildman–Crippen LogP) is 2.03.